The number of aryl methyl sites for hydroxylation is 1. The summed E-state index contributed by atoms with van der Waals surface area (Å²) in [6.07, 6.45) is 1.09. The van der Waals surface area contributed by atoms with Gasteiger partial charge in [0.05, 0.1) is 0 Å². The molecular formula is C14H15N3O2. The Kier molecular flexibility index (Phi) is 3.03. The van der Waals surface area contributed by atoms with Crippen LogP contribution in [-0.2, 0) is 24.2 Å². The van der Waals surface area contributed by atoms with Crippen LogP contribution in [0.1, 0.15) is 22.8 Å². The predicted molar refractivity (Wildman–Crippen MR) is 68.3 cm³/mol. The Balaban J connectivity index is 1.69. The molecule has 1 aromatic heterocycles. The minimum absolute atomic E-state index is 0.0400. The molecule has 0 aliphatic carbocycles. The lowest BCUT2D eigenvalue weighted by atomic mass is 10.00. The molecular weight excluding hydrogens is 242 g/mol. The summed E-state index contributed by atoms with van der Waals surface area (Å²) in [6.45, 7) is 3.17. The first-order valence-corrected chi connectivity index (χ1v) is 6.36. The zero-order valence-electron chi connectivity index (χ0n) is 10.8. The van der Waals surface area contributed by atoms with Crippen LogP contribution < -0.4 is 0 Å². The Bertz CT molecular complexity index is 606. The Labute approximate surface area is 111 Å². The first-order valence-electron chi connectivity index (χ1n) is 6.36. The highest BCUT2D eigenvalue weighted by Crippen LogP contribution is 2.19. The van der Waals surface area contributed by atoms with Crippen LogP contribution in [0.2, 0.25) is 0 Å². The number of benzene rings is 1. The lowest BCUT2D eigenvalue weighted by molar-refractivity contribution is -0.131. The minimum atomic E-state index is 0.0400. The van der Waals surface area contributed by atoms with Crippen molar-refractivity contribution < 1.29 is 9.32 Å². The van der Waals surface area contributed by atoms with Gasteiger partial charge in [-0.2, -0.15) is 4.98 Å². The third-order valence-electron chi connectivity index (χ3n) is 3.36. The molecule has 2 aromatic rings. The second-order valence-electron chi connectivity index (χ2n) is 4.75. The van der Waals surface area contributed by atoms with Gasteiger partial charge in [-0.3, -0.25) is 4.79 Å². The molecule has 1 amide bonds. The first kappa shape index (κ1) is 11.9. The average molecular weight is 257 g/mol. The lowest BCUT2D eigenvalue weighted by Gasteiger charge is -2.28. The van der Waals surface area contributed by atoms with Crippen molar-refractivity contribution in [3.8, 4) is 0 Å². The molecule has 1 aliphatic rings. The molecule has 0 spiro atoms. The number of aromatic nitrogens is 2. The summed E-state index contributed by atoms with van der Waals surface area (Å²) in [6, 6.07) is 8.25. The summed E-state index contributed by atoms with van der Waals surface area (Å²) in [5.41, 5.74) is 2.56. The number of rotatable bonds is 2. The van der Waals surface area contributed by atoms with Crippen molar-refractivity contribution in [2.45, 2.75) is 26.3 Å². The molecule has 1 aromatic carbocycles. The summed E-state index contributed by atoms with van der Waals surface area (Å²) >= 11 is 0. The summed E-state index contributed by atoms with van der Waals surface area (Å²) in [5.74, 6) is 0.992. The highest BCUT2D eigenvalue weighted by Gasteiger charge is 2.21. The molecule has 2 heterocycles. The van der Waals surface area contributed by atoms with Gasteiger partial charge in [0.25, 0.3) is 0 Å². The quantitative estimate of drug-likeness (QED) is 0.818. The van der Waals surface area contributed by atoms with Gasteiger partial charge in [-0.25, -0.2) is 0 Å². The maximum atomic E-state index is 12.2. The third-order valence-corrected chi connectivity index (χ3v) is 3.36. The van der Waals surface area contributed by atoms with Crippen molar-refractivity contribution in [1.29, 1.82) is 0 Å². The third kappa shape index (κ3) is 2.50. The lowest BCUT2D eigenvalue weighted by Crippen LogP contribution is -2.36. The Morgan fingerprint density at radius 3 is 2.89 bits per heavy atom. The Morgan fingerprint density at radius 1 is 1.37 bits per heavy atom. The molecule has 0 saturated carbocycles. The number of hydrogen-bond acceptors (Lipinski definition) is 4. The number of carbonyl (C=O) groups excluding carboxylic acids is 1. The van der Waals surface area contributed by atoms with Crippen LogP contribution in [0.5, 0.6) is 0 Å². The molecule has 1 aliphatic heterocycles. The van der Waals surface area contributed by atoms with Crippen molar-refractivity contribution in [2.75, 3.05) is 6.54 Å². The molecule has 0 radical (unpaired) electrons. The van der Waals surface area contributed by atoms with E-state index in [1.165, 1.54) is 11.1 Å². The van der Waals surface area contributed by atoms with Gasteiger partial charge in [-0.1, -0.05) is 29.4 Å². The normalized spacial score (nSPS) is 14.3. The van der Waals surface area contributed by atoms with E-state index in [0.717, 1.165) is 13.0 Å². The van der Waals surface area contributed by atoms with Crippen molar-refractivity contribution in [3.63, 3.8) is 0 Å². The van der Waals surface area contributed by atoms with E-state index in [4.69, 9.17) is 4.52 Å². The van der Waals surface area contributed by atoms with Crippen LogP contribution in [0.15, 0.2) is 28.8 Å². The fraction of sp³-hybridized carbons (Fsp3) is 0.357. The standard InChI is InChI=1S/C14H15N3O2/c1-10-15-13(19-16-10)8-14(18)17-7-6-11-4-2-3-5-12(11)9-17/h2-5H,6-9H2,1H3. The second kappa shape index (κ2) is 4.84. The van der Waals surface area contributed by atoms with Crippen molar-refractivity contribution in [1.82, 2.24) is 15.0 Å². The monoisotopic (exact) mass is 257 g/mol. The van der Waals surface area contributed by atoms with E-state index in [1.807, 2.05) is 17.0 Å². The minimum Gasteiger partial charge on any atom is -0.339 e. The summed E-state index contributed by atoms with van der Waals surface area (Å²) in [7, 11) is 0. The maximum absolute atomic E-state index is 12.2. The number of hydrogen-bond donors (Lipinski definition) is 0. The SMILES string of the molecule is Cc1noc(CC(=O)N2CCc3ccccc3C2)n1. The van der Waals surface area contributed by atoms with Gasteiger partial charge in [-0.05, 0) is 24.5 Å². The summed E-state index contributed by atoms with van der Waals surface area (Å²) < 4.78 is 4.99. The molecule has 0 unspecified atom stereocenters. The number of fused-ring (bicyclic) bond motifs is 1. The van der Waals surface area contributed by atoms with E-state index < -0.39 is 0 Å². The topological polar surface area (TPSA) is 59.2 Å². The van der Waals surface area contributed by atoms with E-state index >= 15 is 0 Å². The van der Waals surface area contributed by atoms with Crippen molar-refractivity contribution >= 4 is 5.91 Å². The zero-order chi connectivity index (χ0) is 13.2. The van der Waals surface area contributed by atoms with Crippen LogP contribution in [0.4, 0.5) is 0 Å². The fourth-order valence-electron chi connectivity index (χ4n) is 2.36. The molecule has 0 N–H and O–H groups in total. The predicted octanol–water partition coefficient (Wildman–Crippen LogP) is 1.51. The van der Waals surface area contributed by atoms with Gasteiger partial charge in [0, 0.05) is 13.1 Å². The van der Waals surface area contributed by atoms with Crippen molar-refractivity contribution in [3.05, 3.63) is 47.1 Å². The number of amides is 1. The van der Waals surface area contributed by atoms with E-state index in [9.17, 15) is 4.79 Å². The number of carbonyl (C=O) groups is 1. The second-order valence-corrected chi connectivity index (χ2v) is 4.75. The van der Waals surface area contributed by atoms with Crippen LogP contribution >= 0.6 is 0 Å². The van der Waals surface area contributed by atoms with Gasteiger partial charge < -0.3 is 9.42 Å². The van der Waals surface area contributed by atoms with Crippen LogP contribution in [0.3, 0.4) is 0 Å². The van der Waals surface area contributed by atoms with Gasteiger partial charge in [0.15, 0.2) is 5.82 Å². The molecule has 0 saturated heterocycles. The Hall–Kier alpha value is -2.17. The van der Waals surface area contributed by atoms with E-state index in [-0.39, 0.29) is 12.3 Å². The van der Waals surface area contributed by atoms with Crippen LogP contribution in [-0.4, -0.2) is 27.5 Å². The van der Waals surface area contributed by atoms with Crippen LogP contribution in [0.25, 0.3) is 0 Å². The van der Waals surface area contributed by atoms with E-state index in [1.54, 1.807) is 6.92 Å². The number of nitrogens with zero attached hydrogens (tertiary/aromatic N) is 3. The maximum Gasteiger partial charge on any atom is 0.236 e. The van der Waals surface area contributed by atoms with Gasteiger partial charge in [0.1, 0.15) is 6.42 Å². The highest BCUT2D eigenvalue weighted by atomic mass is 16.5. The van der Waals surface area contributed by atoms with Crippen molar-refractivity contribution in [2.24, 2.45) is 0 Å². The van der Waals surface area contributed by atoms with Crippen LogP contribution in [0, 0.1) is 6.92 Å². The first-order chi connectivity index (χ1) is 9.22. The van der Waals surface area contributed by atoms with E-state index in [2.05, 4.69) is 22.3 Å². The molecule has 0 bridgehead atoms. The smallest absolute Gasteiger partial charge is 0.236 e. The average Bonchev–Trinajstić information content (AvgIpc) is 2.83. The molecule has 5 heteroatoms. The molecule has 19 heavy (non-hydrogen) atoms. The van der Waals surface area contributed by atoms with Gasteiger partial charge >= 0.3 is 0 Å². The highest BCUT2D eigenvalue weighted by molar-refractivity contribution is 5.78. The van der Waals surface area contributed by atoms with Gasteiger partial charge in [-0.15, -0.1) is 0 Å². The molecule has 0 fully saturated rings. The zero-order valence-corrected chi connectivity index (χ0v) is 10.8. The Morgan fingerprint density at radius 2 is 2.16 bits per heavy atom. The summed E-state index contributed by atoms with van der Waals surface area (Å²) in [4.78, 5) is 18.1. The van der Waals surface area contributed by atoms with E-state index in [0.29, 0.717) is 18.3 Å². The molecule has 0 atom stereocenters. The fourth-order valence-corrected chi connectivity index (χ4v) is 2.36. The molecule has 3 rings (SSSR count). The summed E-state index contributed by atoms with van der Waals surface area (Å²) in [5, 5.41) is 3.69. The largest absolute Gasteiger partial charge is 0.339 e. The molecule has 5 nitrogen and oxygen atoms in total. The molecule has 98 valence electrons. The van der Waals surface area contributed by atoms with Gasteiger partial charge in [0.2, 0.25) is 11.8 Å².